The summed E-state index contributed by atoms with van der Waals surface area (Å²) in [4.78, 5) is 0. The summed E-state index contributed by atoms with van der Waals surface area (Å²) in [6.45, 7) is 22.5. The maximum absolute atomic E-state index is 5.57. The van der Waals surface area contributed by atoms with Gasteiger partial charge in [0.2, 0.25) is 0 Å². The van der Waals surface area contributed by atoms with Crippen molar-refractivity contribution in [1.82, 2.24) is 0 Å². The zero-order valence-electron chi connectivity index (χ0n) is 13.4. The van der Waals surface area contributed by atoms with Crippen LogP contribution in [0, 0.1) is 18.8 Å². The third kappa shape index (κ3) is 61.3. The molecule has 1 nitrogen and oxygen atoms in total. The lowest BCUT2D eigenvalue weighted by molar-refractivity contribution is 0.490. The zero-order chi connectivity index (χ0) is 16.0. The lowest BCUT2D eigenvalue weighted by Crippen LogP contribution is -2.23. The quantitative estimate of drug-likeness (QED) is 0.415. The molecule has 0 aromatic heterocycles. The van der Waals surface area contributed by atoms with Crippen molar-refractivity contribution in [2.24, 2.45) is 11.7 Å². The van der Waals surface area contributed by atoms with Crippen LogP contribution in [0.1, 0.15) is 48.0 Å². The van der Waals surface area contributed by atoms with E-state index in [0.29, 0.717) is 12.0 Å². The van der Waals surface area contributed by atoms with Crippen molar-refractivity contribution in [1.29, 1.82) is 0 Å². The van der Waals surface area contributed by atoms with Crippen molar-refractivity contribution < 1.29 is 0 Å². The summed E-state index contributed by atoms with van der Waals surface area (Å²) in [6.07, 6.45) is 14.2. The average molecular weight is 253 g/mol. The standard InChI is InChI=1S/C7H15N.C4H6.2C2H6.C2H2/c1-4-5-6(2)7(3)8;1-3-4-2;3*1-2/h4,6-7H,1,5,8H2,2-3H3;3-4H,1-2H2;2*1-2H3;1-2H. The fourth-order valence-corrected chi connectivity index (χ4v) is 0.478. The fourth-order valence-electron chi connectivity index (χ4n) is 0.478. The summed E-state index contributed by atoms with van der Waals surface area (Å²) in [5.74, 6) is 0.576. The highest BCUT2D eigenvalue weighted by molar-refractivity contribution is 4.88. The number of nitrogens with two attached hydrogens (primary N) is 1. The fraction of sp³-hybridized carbons (Fsp3) is 0.529. The van der Waals surface area contributed by atoms with E-state index in [1.807, 2.05) is 40.7 Å². The molecule has 0 radical (unpaired) electrons. The molecule has 0 heterocycles. The Kier molecular flexibility index (Phi) is 74.8. The number of rotatable bonds is 4. The van der Waals surface area contributed by atoms with E-state index < -0.39 is 0 Å². The minimum atomic E-state index is 0.299. The van der Waals surface area contributed by atoms with Crippen molar-refractivity contribution in [3.8, 4) is 12.8 Å². The average Bonchev–Trinajstić information content (AvgIpc) is 2.46. The zero-order valence-corrected chi connectivity index (χ0v) is 13.4. The molecule has 2 unspecified atom stereocenters. The van der Waals surface area contributed by atoms with E-state index in [4.69, 9.17) is 5.73 Å². The lowest BCUT2D eigenvalue weighted by Gasteiger charge is -2.11. The van der Waals surface area contributed by atoms with E-state index in [1.54, 1.807) is 12.2 Å². The maximum atomic E-state index is 5.57. The van der Waals surface area contributed by atoms with E-state index in [-0.39, 0.29) is 0 Å². The van der Waals surface area contributed by atoms with Gasteiger partial charge in [-0.3, -0.25) is 0 Å². The minimum Gasteiger partial charge on any atom is -0.328 e. The van der Waals surface area contributed by atoms with Gasteiger partial charge in [0.25, 0.3) is 0 Å². The van der Waals surface area contributed by atoms with Gasteiger partial charge in [0.05, 0.1) is 0 Å². The smallest absolute Gasteiger partial charge is 0.00390 e. The summed E-state index contributed by atoms with van der Waals surface area (Å²) in [5, 5.41) is 0. The molecule has 0 bridgehead atoms. The first-order valence-corrected chi connectivity index (χ1v) is 6.53. The topological polar surface area (TPSA) is 26.0 Å². The minimum absolute atomic E-state index is 0.299. The van der Waals surface area contributed by atoms with Crippen LogP contribution in [0.3, 0.4) is 0 Å². The van der Waals surface area contributed by atoms with Gasteiger partial charge in [0, 0.05) is 6.04 Å². The van der Waals surface area contributed by atoms with Crippen LogP contribution in [0.15, 0.2) is 38.0 Å². The second kappa shape index (κ2) is 44.8. The van der Waals surface area contributed by atoms with E-state index in [2.05, 4.69) is 39.5 Å². The van der Waals surface area contributed by atoms with Crippen molar-refractivity contribution >= 4 is 0 Å². The predicted molar refractivity (Wildman–Crippen MR) is 90.6 cm³/mol. The van der Waals surface area contributed by atoms with Gasteiger partial charge in [-0.2, -0.15) is 0 Å². The first kappa shape index (κ1) is 30.1. The number of hydrogen-bond acceptors (Lipinski definition) is 1. The summed E-state index contributed by atoms with van der Waals surface area (Å²) in [7, 11) is 0. The normalized spacial score (nSPS) is 9.61. The molecular formula is C17H35N. The van der Waals surface area contributed by atoms with E-state index in [0.717, 1.165) is 6.42 Å². The van der Waals surface area contributed by atoms with Gasteiger partial charge in [-0.1, -0.05) is 66.0 Å². The molecule has 0 aromatic carbocycles. The van der Waals surface area contributed by atoms with Crippen LogP contribution in [-0.2, 0) is 0 Å². The van der Waals surface area contributed by atoms with Gasteiger partial charge in [-0.05, 0) is 19.3 Å². The Morgan fingerprint density at radius 2 is 1.22 bits per heavy atom. The molecule has 0 spiro atoms. The summed E-state index contributed by atoms with van der Waals surface area (Å²) in [5.41, 5.74) is 5.57. The van der Waals surface area contributed by atoms with Crippen molar-refractivity contribution in [3.63, 3.8) is 0 Å². The van der Waals surface area contributed by atoms with Gasteiger partial charge in [-0.25, -0.2) is 0 Å². The van der Waals surface area contributed by atoms with Crippen LogP contribution in [0.2, 0.25) is 0 Å². The van der Waals surface area contributed by atoms with E-state index >= 15 is 0 Å². The van der Waals surface area contributed by atoms with Crippen LogP contribution < -0.4 is 5.73 Å². The monoisotopic (exact) mass is 253 g/mol. The number of hydrogen-bond donors (Lipinski definition) is 1. The van der Waals surface area contributed by atoms with Gasteiger partial charge in [-0.15, -0.1) is 19.4 Å². The Morgan fingerprint density at radius 1 is 0.944 bits per heavy atom. The van der Waals surface area contributed by atoms with E-state index in [1.165, 1.54) is 0 Å². The molecule has 0 saturated heterocycles. The molecule has 0 rings (SSSR count). The van der Waals surface area contributed by atoms with Crippen molar-refractivity contribution in [2.75, 3.05) is 0 Å². The number of allylic oxidation sites excluding steroid dienone is 3. The largest absolute Gasteiger partial charge is 0.328 e. The third-order valence-corrected chi connectivity index (χ3v) is 1.60. The van der Waals surface area contributed by atoms with E-state index in [9.17, 15) is 0 Å². The Labute approximate surface area is 117 Å². The lowest BCUT2D eigenvalue weighted by atomic mass is 10.0. The maximum Gasteiger partial charge on any atom is 0.00390 e. The molecule has 108 valence electrons. The molecule has 0 aliphatic carbocycles. The molecule has 0 fully saturated rings. The predicted octanol–water partition coefficient (Wildman–Crippen LogP) is 5.21. The summed E-state index contributed by atoms with van der Waals surface area (Å²) < 4.78 is 0. The molecule has 0 amide bonds. The number of terminal acetylenes is 1. The highest BCUT2D eigenvalue weighted by atomic mass is 14.6. The Morgan fingerprint density at radius 3 is 1.28 bits per heavy atom. The van der Waals surface area contributed by atoms with Gasteiger partial charge >= 0.3 is 0 Å². The van der Waals surface area contributed by atoms with Gasteiger partial charge in [0.15, 0.2) is 0 Å². The van der Waals surface area contributed by atoms with Gasteiger partial charge < -0.3 is 5.73 Å². The van der Waals surface area contributed by atoms with Crippen LogP contribution in [0.25, 0.3) is 0 Å². The Balaban J connectivity index is -0.0000000477. The molecule has 0 aromatic rings. The molecule has 18 heavy (non-hydrogen) atoms. The molecule has 1 heteroatoms. The van der Waals surface area contributed by atoms with Crippen LogP contribution in [0.5, 0.6) is 0 Å². The summed E-state index contributed by atoms with van der Waals surface area (Å²) in [6, 6.07) is 0.299. The third-order valence-electron chi connectivity index (χ3n) is 1.60. The Bertz CT molecular complexity index is 148. The van der Waals surface area contributed by atoms with Gasteiger partial charge in [0.1, 0.15) is 0 Å². The van der Waals surface area contributed by atoms with Crippen molar-refractivity contribution in [2.45, 2.75) is 54.0 Å². The van der Waals surface area contributed by atoms with Crippen LogP contribution >= 0.6 is 0 Å². The highest BCUT2D eigenvalue weighted by Crippen LogP contribution is 2.04. The molecule has 2 N–H and O–H groups in total. The second-order valence-corrected chi connectivity index (χ2v) is 2.83. The molecule has 2 atom stereocenters. The SMILES string of the molecule is C#C.C=CC=C.C=CCC(C)C(C)N.CC.CC. The molecular weight excluding hydrogens is 218 g/mol. The molecule has 0 saturated carbocycles. The summed E-state index contributed by atoms with van der Waals surface area (Å²) >= 11 is 0. The Hall–Kier alpha value is -1.26. The molecule has 0 aliphatic heterocycles. The first-order chi connectivity index (χ1) is 8.59. The second-order valence-electron chi connectivity index (χ2n) is 2.83. The van der Waals surface area contributed by atoms with Crippen molar-refractivity contribution in [3.05, 3.63) is 38.0 Å². The molecule has 0 aliphatic rings. The first-order valence-electron chi connectivity index (χ1n) is 6.53. The van der Waals surface area contributed by atoms with Crippen LogP contribution in [-0.4, -0.2) is 6.04 Å². The highest BCUT2D eigenvalue weighted by Gasteiger charge is 2.02. The van der Waals surface area contributed by atoms with Crippen LogP contribution in [0.4, 0.5) is 0 Å².